The van der Waals surface area contributed by atoms with Crippen LogP contribution in [0.3, 0.4) is 0 Å². The summed E-state index contributed by atoms with van der Waals surface area (Å²) >= 11 is 7.58. The maximum absolute atomic E-state index is 12.1. The summed E-state index contributed by atoms with van der Waals surface area (Å²) in [7, 11) is 0. The number of benzene rings is 1. The third-order valence-corrected chi connectivity index (χ3v) is 4.06. The first kappa shape index (κ1) is 14.1. The predicted molar refractivity (Wildman–Crippen MR) is 77.7 cm³/mol. The predicted octanol–water partition coefficient (Wildman–Crippen LogP) is 3.73. The fourth-order valence-electron chi connectivity index (χ4n) is 2.16. The minimum atomic E-state index is 0.0516. The number of anilines is 1. The monoisotopic (exact) mass is 296 g/mol. The Balaban J connectivity index is 2.24. The molecule has 0 saturated carbocycles. The summed E-state index contributed by atoms with van der Waals surface area (Å²) in [5, 5.41) is 4.16. The summed E-state index contributed by atoms with van der Waals surface area (Å²) < 4.78 is 0. The van der Waals surface area contributed by atoms with Crippen molar-refractivity contribution in [1.29, 1.82) is 0 Å². The molecule has 1 amide bonds. The van der Waals surface area contributed by atoms with E-state index in [0.717, 1.165) is 10.6 Å². The number of nitrogens with zero attached hydrogens (tertiary/aromatic N) is 4. The Morgan fingerprint density at radius 1 is 1.63 bits per heavy atom. The van der Waals surface area contributed by atoms with Crippen molar-refractivity contribution in [3.05, 3.63) is 33.7 Å². The number of hydrogen-bond donors (Lipinski definition) is 0. The average Bonchev–Trinajstić information content (AvgIpc) is 2.77. The minimum absolute atomic E-state index is 0.0516. The smallest absolute Gasteiger partial charge is 0.227 e. The molecule has 1 aliphatic heterocycles. The van der Waals surface area contributed by atoms with Crippen LogP contribution >= 0.6 is 23.4 Å². The van der Waals surface area contributed by atoms with E-state index in [0.29, 0.717) is 24.5 Å². The van der Waals surface area contributed by atoms with Gasteiger partial charge < -0.3 is 4.90 Å². The third kappa shape index (κ3) is 3.15. The molecule has 0 radical (unpaired) electrons. The topological polar surface area (TPSA) is 69.1 Å². The number of amides is 1. The molecule has 0 bridgehead atoms. The molecule has 7 heteroatoms. The molecule has 0 aliphatic carbocycles. The van der Waals surface area contributed by atoms with Gasteiger partial charge in [-0.3, -0.25) is 4.79 Å². The van der Waals surface area contributed by atoms with Gasteiger partial charge in [-0.25, -0.2) is 0 Å². The zero-order chi connectivity index (χ0) is 13.8. The lowest BCUT2D eigenvalue weighted by Gasteiger charge is -2.19. The summed E-state index contributed by atoms with van der Waals surface area (Å²) in [6.07, 6.45) is 2.38. The Morgan fingerprint density at radius 3 is 3.11 bits per heavy atom. The van der Waals surface area contributed by atoms with Crippen LogP contribution in [-0.4, -0.2) is 25.3 Å². The molecule has 1 heterocycles. The number of hydrogen-bond acceptors (Lipinski definition) is 3. The summed E-state index contributed by atoms with van der Waals surface area (Å²) in [6, 6.07) is 5.53. The molecule has 19 heavy (non-hydrogen) atoms. The molecular weight excluding hydrogens is 284 g/mol. The van der Waals surface area contributed by atoms with Crippen molar-refractivity contribution in [2.45, 2.75) is 11.3 Å². The highest BCUT2D eigenvalue weighted by atomic mass is 35.5. The van der Waals surface area contributed by atoms with E-state index in [-0.39, 0.29) is 11.8 Å². The Kier molecular flexibility index (Phi) is 4.58. The van der Waals surface area contributed by atoms with E-state index in [1.807, 2.05) is 18.4 Å². The Bertz CT molecular complexity index is 545. The van der Waals surface area contributed by atoms with E-state index in [2.05, 4.69) is 10.0 Å². The minimum Gasteiger partial charge on any atom is -0.311 e. The van der Waals surface area contributed by atoms with Crippen LogP contribution in [0.15, 0.2) is 28.2 Å². The Hall–Kier alpha value is -1.36. The van der Waals surface area contributed by atoms with Gasteiger partial charge in [-0.1, -0.05) is 16.7 Å². The molecular formula is C12H13ClN4OS. The maximum atomic E-state index is 12.1. The van der Waals surface area contributed by atoms with E-state index in [9.17, 15) is 4.79 Å². The van der Waals surface area contributed by atoms with Crippen LogP contribution in [0.5, 0.6) is 0 Å². The van der Waals surface area contributed by atoms with Gasteiger partial charge in [-0.05, 0) is 35.9 Å². The molecule has 0 spiro atoms. The van der Waals surface area contributed by atoms with Crippen LogP contribution in [0.2, 0.25) is 5.02 Å². The highest BCUT2D eigenvalue weighted by Crippen LogP contribution is 2.35. The van der Waals surface area contributed by atoms with Gasteiger partial charge in [0.25, 0.3) is 0 Å². The second-order valence-electron chi connectivity index (χ2n) is 4.30. The van der Waals surface area contributed by atoms with Crippen LogP contribution < -0.4 is 4.90 Å². The summed E-state index contributed by atoms with van der Waals surface area (Å²) in [4.78, 5) is 17.6. The van der Waals surface area contributed by atoms with Crippen molar-refractivity contribution in [2.75, 3.05) is 24.2 Å². The zero-order valence-electron chi connectivity index (χ0n) is 10.4. The Labute approximate surface area is 120 Å². The van der Waals surface area contributed by atoms with E-state index in [4.69, 9.17) is 17.1 Å². The third-order valence-electron chi connectivity index (χ3n) is 3.04. The van der Waals surface area contributed by atoms with Crippen LogP contribution in [0.1, 0.15) is 6.42 Å². The largest absolute Gasteiger partial charge is 0.311 e. The molecule has 1 fully saturated rings. The van der Waals surface area contributed by atoms with Crippen molar-refractivity contribution >= 4 is 35.0 Å². The van der Waals surface area contributed by atoms with Gasteiger partial charge in [0.2, 0.25) is 5.91 Å². The Morgan fingerprint density at radius 2 is 2.42 bits per heavy atom. The molecule has 2 rings (SSSR count). The summed E-state index contributed by atoms with van der Waals surface area (Å²) in [5.41, 5.74) is 9.17. The van der Waals surface area contributed by atoms with Gasteiger partial charge in [0, 0.05) is 34.3 Å². The van der Waals surface area contributed by atoms with Gasteiger partial charge in [-0.15, -0.1) is 11.8 Å². The first-order chi connectivity index (χ1) is 9.15. The highest BCUT2D eigenvalue weighted by Gasteiger charge is 2.31. The average molecular weight is 297 g/mol. The van der Waals surface area contributed by atoms with E-state index >= 15 is 0 Å². The number of carbonyl (C=O) groups excluding carboxylic acids is 1. The van der Waals surface area contributed by atoms with Crippen LogP contribution in [0.25, 0.3) is 10.4 Å². The highest BCUT2D eigenvalue weighted by molar-refractivity contribution is 7.98. The SMILES string of the molecule is CSc1ccc(Cl)cc1N1CC(CN=[N+]=[N-])CC1=O. The van der Waals surface area contributed by atoms with E-state index < -0.39 is 0 Å². The fourth-order valence-corrected chi connectivity index (χ4v) is 2.91. The first-order valence-electron chi connectivity index (χ1n) is 5.80. The van der Waals surface area contributed by atoms with E-state index in [1.54, 1.807) is 22.7 Å². The normalized spacial score (nSPS) is 18.5. The van der Waals surface area contributed by atoms with Gasteiger partial charge in [0.15, 0.2) is 0 Å². The van der Waals surface area contributed by atoms with E-state index in [1.165, 1.54) is 0 Å². The molecule has 1 saturated heterocycles. The quantitative estimate of drug-likeness (QED) is 0.368. The lowest BCUT2D eigenvalue weighted by atomic mass is 10.1. The zero-order valence-corrected chi connectivity index (χ0v) is 12.0. The molecule has 0 aromatic heterocycles. The van der Waals surface area contributed by atoms with Gasteiger partial charge in [0.05, 0.1) is 5.69 Å². The molecule has 5 nitrogen and oxygen atoms in total. The molecule has 1 atom stereocenters. The fraction of sp³-hybridized carbons (Fsp3) is 0.417. The van der Waals surface area contributed by atoms with Gasteiger partial charge >= 0.3 is 0 Å². The number of azide groups is 1. The van der Waals surface area contributed by atoms with Crippen molar-refractivity contribution < 1.29 is 4.79 Å². The second-order valence-corrected chi connectivity index (χ2v) is 5.59. The molecule has 1 aromatic carbocycles. The van der Waals surface area contributed by atoms with Crippen molar-refractivity contribution in [1.82, 2.24) is 0 Å². The first-order valence-corrected chi connectivity index (χ1v) is 7.40. The number of halogens is 1. The second kappa shape index (κ2) is 6.19. The molecule has 1 aliphatic rings. The molecule has 100 valence electrons. The van der Waals surface area contributed by atoms with Crippen LogP contribution in [0.4, 0.5) is 5.69 Å². The lowest BCUT2D eigenvalue weighted by Crippen LogP contribution is -2.25. The number of carbonyl (C=O) groups is 1. The molecule has 1 unspecified atom stereocenters. The van der Waals surface area contributed by atoms with Gasteiger partial charge in [0.1, 0.15) is 0 Å². The van der Waals surface area contributed by atoms with Crippen molar-refractivity contribution in [2.24, 2.45) is 11.0 Å². The number of rotatable bonds is 4. The van der Waals surface area contributed by atoms with Crippen molar-refractivity contribution in [3.63, 3.8) is 0 Å². The summed E-state index contributed by atoms with van der Waals surface area (Å²) in [5.74, 6) is 0.132. The van der Waals surface area contributed by atoms with Crippen LogP contribution in [0, 0.1) is 5.92 Å². The lowest BCUT2D eigenvalue weighted by molar-refractivity contribution is -0.117. The number of thioether (sulfide) groups is 1. The van der Waals surface area contributed by atoms with Crippen LogP contribution in [-0.2, 0) is 4.79 Å². The molecule has 0 N–H and O–H groups in total. The molecule has 1 aromatic rings. The van der Waals surface area contributed by atoms with Gasteiger partial charge in [-0.2, -0.15) is 0 Å². The standard InChI is InChI=1S/C12H13ClN4OS/c1-19-11-3-2-9(13)5-10(11)17-7-8(4-12(17)18)6-15-16-14/h2-3,5,8H,4,6-7H2,1H3. The maximum Gasteiger partial charge on any atom is 0.227 e. The van der Waals surface area contributed by atoms with Crippen molar-refractivity contribution in [3.8, 4) is 0 Å². The summed E-state index contributed by atoms with van der Waals surface area (Å²) in [6.45, 7) is 0.930.